The Balaban J connectivity index is 1.29. The fraction of sp³-hybridized carbons (Fsp3) is 0.500. The van der Waals surface area contributed by atoms with Crippen molar-refractivity contribution in [2.24, 2.45) is 7.05 Å². The molecule has 1 aliphatic heterocycles. The second-order valence-corrected chi connectivity index (χ2v) is 14.1. The molecule has 1 aromatic heterocycles. The lowest BCUT2D eigenvalue weighted by molar-refractivity contribution is -0.132. The van der Waals surface area contributed by atoms with Crippen LogP contribution in [0.1, 0.15) is 58.9 Å². The molecule has 48 heavy (non-hydrogen) atoms. The van der Waals surface area contributed by atoms with Crippen LogP contribution in [0.3, 0.4) is 0 Å². The second kappa shape index (κ2) is 15.3. The number of benzene rings is 2. The number of hydrogen-bond acceptors (Lipinski definition) is 9. The van der Waals surface area contributed by atoms with E-state index in [1.165, 1.54) is 10.6 Å². The van der Waals surface area contributed by atoms with E-state index in [1.54, 1.807) is 55.0 Å². The summed E-state index contributed by atoms with van der Waals surface area (Å²) in [6.07, 6.45) is 4.10. The topological polar surface area (TPSA) is 133 Å². The quantitative estimate of drug-likeness (QED) is 0.221. The molecule has 0 bridgehead atoms. The number of nitrogens with zero attached hydrogens (tertiary/aromatic N) is 5. The number of ether oxygens (including phenoxy) is 4. The Bertz CT molecular complexity index is 1710. The predicted molar refractivity (Wildman–Crippen MR) is 179 cm³/mol. The first-order valence-corrected chi connectivity index (χ1v) is 17.9. The van der Waals surface area contributed by atoms with Crippen LogP contribution in [0.4, 0.5) is 0 Å². The van der Waals surface area contributed by atoms with Crippen LogP contribution in [-0.2, 0) is 35.0 Å². The predicted octanol–water partition coefficient (Wildman–Crippen LogP) is 3.43. The summed E-state index contributed by atoms with van der Waals surface area (Å²) < 4.78 is 49.5. The second-order valence-electron chi connectivity index (χ2n) is 12.1. The number of carbonyl (C=O) groups is 2. The van der Waals surface area contributed by atoms with Crippen LogP contribution in [0.2, 0.25) is 0 Å². The molecular weight excluding hydrogens is 638 g/mol. The minimum absolute atomic E-state index is 0.0319. The zero-order valence-corrected chi connectivity index (χ0v) is 29.1. The highest BCUT2D eigenvalue weighted by atomic mass is 32.2. The van der Waals surface area contributed by atoms with E-state index in [-0.39, 0.29) is 37.9 Å². The van der Waals surface area contributed by atoms with Crippen molar-refractivity contribution in [2.75, 3.05) is 60.4 Å². The number of piperazine rings is 1. The lowest BCUT2D eigenvalue weighted by atomic mass is 10.1. The first-order chi connectivity index (χ1) is 23.0. The molecule has 0 spiro atoms. The Hall–Kier alpha value is -4.30. The zero-order chi connectivity index (χ0) is 34.4. The molecule has 13 nitrogen and oxygen atoms in total. The van der Waals surface area contributed by atoms with Gasteiger partial charge in [-0.2, -0.15) is 9.40 Å². The monoisotopic (exact) mass is 683 g/mol. The molecule has 3 aromatic rings. The number of aromatic nitrogens is 2. The maximum atomic E-state index is 14.2. The van der Waals surface area contributed by atoms with Crippen molar-refractivity contribution >= 4 is 21.8 Å². The lowest BCUT2D eigenvalue weighted by Gasteiger charge is -2.33. The molecule has 0 radical (unpaired) electrons. The van der Waals surface area contributed by atoms with Gasteiger partial charge < -0.3 is 28.7 Å². The van der Waals surface area contributed by atoms with Crippen molar-refractivity contribution in [3.8, 4) is 23.0 Å². The van der Waals surface area contributed by atoms with E-state index in [0.29, 0.717) is 67.2 Å². The third-order valence-electron chi connectivity index (χ3n) is 8.73. The van der Waals surface area contributed by atoms with Crippen LogP contribution in [0.15, 0.2) is 42.5 Å². The van der Waals surface area contributed by atoms with Crippen molar-refractivity contribution in [1.82, 2.24) is 23.9 Å². The van der Waals surface area contributed by atoms with Crippen molar-refractivity contribution in [1.29, 1.82) is 0 Å². The highest BCUT2D eigenvalue weighted by Crippen LogP contribution is 2.40. The minimum atomic E-state index is -3.26. The van der Waals surface area contributed by atoms with Crippen LogP contribution in [0.5, 0.6) is 23.0 Å². The fourth-order valence-corrected chi connectivity index (χ4v) is 6.71. The van der Waals surface area contributed by atoms with Gasteiger partial charge in [0, 0.05) is 62.8 Å². The molecule has 260 valence electrons. The maximum absolute atomic E-state index is 14.2. The van der Waals surface area contributed by atoms with Gasteiger partial charge in [0.2, 0.25) is 15.9 Å². The number of amides is 2. The SMILES string of the molecule is COc1ccc(CN(Cc2cccc(OCCCC(=O)N3CCN(S(C)(=O)=O)CC3)c2OC)C(=O)c2cc(C3CC3)nn2C)c(OC)c1. The Morgan fingerprint density at radius 2 is 1.65 bits per heavy atom. The molecule has 5 rings (SSSR count). The van der Waals surface area contributed by atoms with Crippen molar-refractivity contribution in [3.63, 3.8) is 0 Å². The van der Waals surface area contributed by atoms with Crippen LogP contribution in [0.25, 0.3) is 0 Å². The van der Waals surface area contributed by atoms with Gasteiger partial charge in [-0.1, -0.05) is 12.1 Å². The van der Waals surface area contributed by atoms with Gasteiger partial charge in [0.05, 0.1) is 53.0 Å². The number of carbonyl (C=O) groups excluding carboxylic acids is 2. The normalized spacial score (nSPS) is 15.2. The molecule has 2 amide bonds. The number of hydrogen-bond donors (Lipinski definition) is 0. The Labute approximate surface area is 282 Å². The van der Waals surface area contributed by atoms with Gasteiger partial charge in [-0.05, 0) is 43.5 Å². The standard InChI is InChI=1S/C34H45N5O8S/c1-36-29(21-28(35-36)24-11-12-24)34(41)38(22-25-13-14-27(44-2)20-31(25)45-3)23-26-8-6-9-30(33(26)46-4)47-19-7-10-32(40)37-15-17-39(18-16-37)48(5,42)43/h6,8-9,13-14,20-21,24H,7,10-12,15-19,22-23H2,1-5H3. The number of para-hydroxylation sites is 1. The molecular formula is C34H45N5O8S. The number of methoxy groups -OCH3 is 3. The third kappa shape index (κ3) is 8.40. The molecule has 1 saturated heterocycles. The Kier molecular flexibility index (Phi) is 11.2. The van der Waals surface area contributed by atoms with Crippen LogP contribution in [0, 0.1) is 0 Å². The molecule has 0 unspecified atom stereocenters. The summed E-state index contributed by atoms with van der Waals surface area (Å²) in [5, 5.41) is 4.62. The average molecular weight is 684 g/mol. The third-order valence-corrected chi connectivity index (χ3v) is 10.0. The summed E-state index contributed by atoms with van der Waals surface area (Å²) in [7, 11) is 3.27. The van der Waals surface area contributed by atoms with Gasteiger partial charge in [0.25, 0.3) is 5.91 Å². The van der Waals surface area contributed by atoms with E-state index in [0.717, 1.165) is 29.7 Å². The van der Waals surface area contributed by atoms with E-state index in [9.17, 15) is 18.0 Å². The molecule has 0 atom stereocenters. The van der Waals surface area contributed by atoms with E-state index >= 15 is 0 Å². The lowest BCUT2D eigenvalue weighted by Crippen LogP contribution is -2.50. The highest BCUT2D eigenvalue weighted by molar-refractivity contribution is 7.88. The largest absolute Gasteiger partial charge is 0.497 e. The van der Waals surface area contributed by atoms with Gasteiger partial charge >= 0.3 is 0 Å². The molecule has 2 fully saturated rings. The molecule has 14 heteroatoms. The van der Waals surface area contributed by atoms with E-state index in [1.807, 2.05) is 30.3 Å². The number of rotatable bonds is 15. The molecule has 2 heterocycles. The molecule has 2 aliphatic rings. The van der Waals surface area contributed by atoms with Crippen LogP contribution < -0.4 is 18.9 Å². The van der Waals surface area contributed by atoms with Gasteiger partial charge in [-0.3, -0.25) is 14.3 Å². The molecule has 0 N–H and O–H groups in total. The maximum Gasteiger partial charge on any atom is 0.272 e. The van der Waals surface area contributed by atoms with Gasteiger partial charge in [0.1, 0.15) is 17.2 Å². The minimum Gasteiger partial charge on any atom is -0.497 e. The first-order valence-electron chi connectivity index (χ1n) is 16.1. The summed E-state index contributed by atoms with van der Waals surface area (Å²) in [5.41, 5.74) is 2.99. The van der Waals surface area contributed by atoms with Gasteiger partial charge in [0.15, 0.2) is 11.5 Å². The number of aryl methyl sites for hydroxylation is 1. The van der Waals surface area contributed by atoms with Gasteiger partial charge in [-0.25, -0.2) is 8.42 Å². The molecule has 1 aliphatic carbocycles. The van der Waals surface area contributed by atoms with Crippen molar-refractivity contribution in [3.05, 3.63) is 65.0 Å². The Morgan fingerprint density at radius 3 is 2.29 bits per heavy atom. The van der Waals surface area contributed by atoms with Crippen molar-refractivity contribution < 1.29 is 37.0 Å². The van der Waals surface area contributed by atoms with E-state index in [4.69, 9.17) is 18.9 Å². The summed E-state index contributed by atoms with van der Waals surface area (Å²) in [6, 6.07) is 13.0. The van der Waals surface area contributed by atoms with Crippen LogP contribution >= 0.6 is 0 Å². The first kappa shape index (κ1) is 35.0. The summed E-state index contributed by atoms with van der Waals surface area (Å²) in [5.74, 6) is 2.46. The summed E-state index contributed by atoms with van der Waals surface area (Å²) in [6.45, 7) is 2.11. The molecule has 1 saturated carbocycles. The number of sulfonamides is 1. The fourth-order valence-electron chi connectivity index (χ4n) is 5.89. The van der Waals surface area contributed by atoms with Crippen molar-refractivity contribution in [2.45, 2.75) is 44.7 Å². The summed E-state index contributed by atoms with van der Waals surface area (Å²) in [4.78, 5) is 30.4. The van der Waals surface area contributed by atoms with Crippen LogP contribution in [-0.4, -0.2) is 104 Å². The average Bonchev–Trinajstić information content (AvgIpc) is 3.86. The van der Waals surface area contributed by atoms with E-state index in [2.05, 4.69) is 5.10 Å². The summed E-state index contributed by atoms with van der Waals surface area (Å²) >= 11 is 0. The smallest absolute Gasteiger partial charge is 0.272 e. The molecule has 2 aromatic carbocycles. The Morgan fingerprint density at radius 1 is 0.917 bits per heavy atom. The highest BCUT2D eigenvalue weighted by Gasteiger charge is 2.30. The van der Waals surface area contributed by atoms with Gasteiger partial charge in [-0.15, -0.1) is 0 Å². The van der Waals surface area contributed by atoms with E-state index < -0.39 is 10.0 Å². The zero-order valence-electron chi connectivity index (χ0n) is 28.3.